The molecule has 2 aromatic rings. The number of urea groups is 1. The first-order valence-electron chi connectivity index (χ1n) is 9.46. The van der Waals surface area contributed by atoms with Gasteiger partial charge in [-0.25, -0.2) is 4.79 Å². The molecule has 1 saturated carbocycles. The maximum absolute atomic E-state index is 12.7. The molecular formula is C19H21N5O4S. The standard InChI is InChI=1S/C19H21N5O4S/c1-12-5-7-13(8-6-12)15-21-22-18(28-15)29-11-14(25)23-24-16(26)19(20-17(24)27)9-3-2-4-10-19/h5-8H,2-4,9-11H2,1H3,(H,20,27)(H,23,25). The third-order valence-electron chi connectivity index (χ3n) is 5.14. The highest BCUT2D eigenvalue weighted by molar-refractivity contribution is 7.99. The van der Waals surface area contributed by atoms with Gasteiger partial charge < -0.3 is 9.73 Å². The fourth-order valence-corrected chi connectivity index (χ4v) is 4.14. The summed E-state index contributed by atoms with van der Waals surface area (Å²) in [5.41, 5.74) is 3.43. The van der Waals surface area contributed by atoms with Gasteiger partial charge in [0.2, 0.25) is 11.8 Å². The van der Waals surface area contributed by atoms with E-state index < -0.39 is 17.5 Å². The number of hydrazine groups is 1. The molecule has 1 aliphatic heterocycles. The van der Waals surface area contributed by atoms with Gasteiger partial charge in [-0.1, -0.05) is 48.7 Å². The van der Waals surface area contributed by atoms with Crippen molar-refractivity contribution >= 4 is 29.6 Å². The highest BCUT2D eigenvalue weighted by atomic mass is 32.2. The molecule has 29 heavy (non-hydrogen) atoms. The number of rotatable bonds is 5. The molecule has 2 heterocycles. The smallest absolute Gasteiger partial charge is 0.344 e. The summed E-state index contributed by atoms with van der Waals surface area (Å²) >= 11 is 1.04. The number of hydrogen-bond acceptors (Lipinski definition) is 7. The van der Waals surface area contributed by atoms with Gasteiger partial charge in [0.05, 0.1) is 5.75 Å². The predicted molar refractivity (Wildman–Crippen MR) is 105 cm³/mol. The van der Waals surface area contributed by atoms with Crippen LogP contribution in [0, 0.1) is 6.92 Å². The summed E-state index contributed by atoms with van der Waals surface area (Å²) in [4.78, 5) is 37.1. The van der Waals surface area contributed by atoms with E-state index in [2.05, 4.69) is 20.9 Å². The molecule has 4 rings (SSSR count). The summed E-state index contributed by atoms with van der Waals surface area (Å²) in [7, 11) is 0. The number of carbonyl (C=O) groups is 3. The van der Waals surface area contributed by atoms with Gasteiger partial charge in [-0.15, -0.1) is 10.2 Å². The first-order chi connectivity index (χ1) is 14.0. The summed E-state index contributed by atoms with van der Waals surface area (Å²) in [6.45, 7) is 1.99. The Bertz CT molecular complexity index is 936. The largest absolute Gasteiger partial charge is 0.411 e. The molecule has 0 unspecified atom stereocenters. The van der Waals surface area contributed by atoms with Crippen LogP contribution in [0.5, 0.6) is 0 Å². The predicted octanol–water partition coefficient (Wildman–Crippen LogP) is 2.42. The van der Waals surface area contributed by atoms with E-state index in [0.717, 1.165) is 47.2 Å². The number of aryl methyl sites for hydroxylation is 1. The molecule has 0 bridgehead atoms. The quantitative estimate of drug-likeness (QED) is 0.569. The number of aromatic nitrogens is 2. The van der Waals surface area contributed by atoms with Crippen molar-refractivity contribution in [1.29, 1.82) is 0 Å². The Kier molecular flexibility index (Phi) is 5.27. The van der Waals surface area contributed by atoms with Gasteiger partial charge in [-0.3, -0.25) is 15.0 Å². The maximum Gasteiger partial charge on any atom is 0.344 e. The fourth-order valence-electron chi connectivity index (χ4n) is 3.58. The summed E-state index contributed by atoms with van der Waals surface area (Å²) in [5, 5.41) is 11.7. The zero-order chi connectivity index (χ0) is 20.4. The Morgan fingerprint density at radius 3 is 2.66 bits per heavy atom. The highest BCUT2D eigenvalue weighted by Gasteiger charge is 2.52. The van der Waals surface area contributed by atoms with Crippen molar-refractivity contribution in [2.24, 2.45) is 0 Å². The molecule has 1 aliphatic carbocycles. The molecule has 152 valence electrons. The lowest BCUT2D eigenvalue weighted by Gasteiger charge is -2.30. The van der Waals surface area contributed by atoms with Crippen molar-refractivity contribution in [2.45, 2.75) is 49.8 Å². The second-order valence-corrected chi connectivity index (χ2v) is 8.20. The highest BCUT2D eigenvalue weighted by Crippen LogP contribution is 2.33. The third-order valence-corrected chi connectivity index (χ3v) is 5.96. The second kappa shape index (κ2) is 7.86. The summed E-state index contributed by atoms with van der Waals surface area (Å²) in [6.07, 6.45) is 4.00. The second-order valence-electron chi connectivity index (χ2n) is 7.28. The average Bonchev–Trinajstić information content (AvgIpc) is 3.27. The van der Waals surface area contributed by atoms with Crippen molar-refractivity contribution in [2.75, 3.05) is 5.75 Å². The van der Waals surface area contributed by atoms with Crippen LogP contribution in [-0.2, 0) is 9.59 Å². The normalized spacial score (nSPS) is 18.2. The Hall–Kier alpha value is -2.88. The number of benzene rings is 1. The van der Waals surface area contributed by atoms with Crippen LogP contribution in [0.2, 0.25) is 0 Å². The molecule has 2 aliphatic rings. The minimum atomic E-state index is -0.870. The molecule has 10 heteroatoms. The Balaban J connectivity index is 1.33. The van der Waals surface area contributed by atoms with Gasteiger partial charge in [-0.05, 0) is 31.9 Å². The first kappa shape index (κ1) is 19.4. The molecular weight excluding hydrogens is 394 g/mol. The van der Waals surface area contributed by atoms with Gasteiger partial charge in [0.1, 0.15) is 5.54 Å². The summed E-state index contributed by atoms with van der Waals surface area (Å²) in [5.74, 6) is -0.595. The van der Waals surface area contributed by atoms with E-state index in [1.807, 2.05) is 31.2 Å². The SMILES string of the molecule is Cc1ccc(-c2nnc(SCC(=O)NN3C(=O)NC4(CCCCC4)C3=O)o2)cc1. The van der Waals surface area contributed by atoms with Crippen molar-refractivity contribution < 1.29 is 18.8 Å². The van der Waals surface area contributed by atoms with Gasteiger partial charge in [0.25, 0.3) is 11.1 Å². The molecule has 0 atom stereocenters. The van der Waals surface area contributed by atoms with Crippen LogP contribution < -0.4 is 10.7 Å². The third kappa shape index (κ3) is 3.98. The van der Waals surface area contributed by atoms with E-state index in [1.54, 1.807) is 0 Å². The van der Waals surface area contributed by atoms with Crippen LogP contribution in [0.1, 0.15) is 37.7 Å². The van der Waals surface area contributed by atoms with Crippen LogP contribution >= 0.6 is 11.8 Å². The zero-order valence-corrected chi connectivity index (χ0v) is 16.8. The van der Waals surface area contributed by atoms with Gasteiger partial charge in [0.15, 0.2) is 0 Å². The van der Waals surface area contributed by atoms with Crippen LogP contribution in [0.3, 0.4) is 0 Å². The number of nitrogens with one attached hydrogen (secondary N) is 2. The monoisotopic (exact) mass is 415 g/mol. The van der Waals surface area contributed by atoms with E-state index in [1.165, 1.54) is 0 Å². The first-order valence-corrected chi connectivity index (χ1v) is 10.4. The number of amides is 4. The maximum atomic E-state index is 12.7. The number of nitrogens with zero attached hydrogens (tertiary/aromatic N) is 3. The molecule has 1 aromatic heterocycles. The lowest BCUT2D eigenvalue weighted by atomic mass is 9.82. The van der Waals surface area contributed by atoms with Crippen molar-refractivity contribution in [3.63, 3.8) is 0 Å². The number of thioether (sulfide) groups is 1. The fraction of sp³-hybridized carbons (Fsp3) is 0.421. The minimum Gasteiger partial charge on any atom is -0.411 e. The molecule has 2 fully saturated rings. The Morgan fingerprint density at radius 1 is 1.21 bits per heavy atom. The number of imide groups is 1. The van der Waals surface area contributed by atoms with Gasteiger partial charge in [0, 0.05) is 5.56 Å². The van der Waals surface area contributed by atoms with Crippen LogP contribution in [0.4, 0.5) is 4.79 Å². The summed E-state index contributed by atoms with van der Waals surface area (Å²) in [6, 6.07) is 7.05. The van der Waals surface area contributed by atoms with Gasteiger partial charge >= 0.3 is 6.03 Å². The molecule has 4 amide bonds. The van der Waals surface area contributed by atoms with Crippen molar-refractivity contribution in [1.82, 2.24) is 25.9 Å². The Labute approximate surface area is 171 Å². The lowest BCUT2D eigenvalue weighted by molar-refractivity contribution is -0.139. The van der Waals surface area contributed by atoms with Gasteiger partial charge in [-0.2, -0.15) is 5.01 Å². The number of carbonyl (C=O) groups excluding carboxylic acids is 3. The zero-order valence-electron chi connectivity index (χ0n) is 15.9. The van der Waals surface area contributed by atoms with Crippen LogP contribution in [0.25, 0.3) is 11.5 Å². The molecule has 1 saturated heterocycles. The minimum absolute atomic E-state index is 0.0699. The average molecular weight is 415 g/mol. The van der Waals surface area contributed by atoms with E-state index in [-0.39, 0.29) is 16.9 Å². The van der Waals surface area contributed by atoms with Crippen molar-refractivity contribution in [3.8, 4) is 11.5 Å². The van der Waals surface area contributed by atoms with E-state index in [9.17, 15) is 14.4 Å². The van der Waals surface area contributed by atoms with E-state index >= 15 is 0 Å². The van der Waals surface area contributed by atoms with E-state index in [0.29, 0.717) is 18.7 Å². The van der Waals surface area contributed by atoms with E-state index in [4.69, 9.17) is 4.42 Å². The molecule has 1 aromatic carbocycles. The molecule has 2 N–H and O–H groups in total. The molecule has 9 nitrogen and oxygen atoms in total. The molecule has 1 spiro atoms. The number of hydrogen-bond donors (Lipinski definition) is 2. The molecule has 0 radical (unpaired) electrons. The van der Waals surface area contributed by atoms with Crippen molar-refractivity contribution in [3.05, 3.63) is 29.8 Å². The van der Waals surface area contributed by atoms with Crippen LogP contribution in [-0.4, -0.2) is 44.3 Å². The topological polar surface area (TPSA) is 117 Å². The van der Waals surface area contributed by atoms with Crippen LogP contribution in [0.15, 0.2) is 33.9 Å². The Morgan fingerprint density at radius 2 is 1.93 bits per heavy atom. The lowest BCUT2D eigenvalue weighted by Crippen LogP contribution is -2.51. The summed E-state index contributed by atoms with van der Waals surface area (Å²) < 4.78 is 5.56.